The van der Waals surface area contributed by atoms with Crippen LogP contribution >= 0.6 is 0 Å². The normalized spacial score (nSPS) is 11.0. The van der Waals surface area contributed by atoms with Crippen LogP contribution in [0.3, 0.4) is 0 Å². The first-order valence-electron chi connectivity index (χ1n) is 4.71. The predicted molar refractivity (Wildman–Crippen MR) is 60.7 cm³/mol. The van der Waals surface area contributed by atoms with E-state index in [1.54, 1.807) is 13.8 Å². The van der Waals surface area contributed by atoms with Gasteiger partial charge in [0.1, 0.15) is 21.5 Å². The SMILES string of the molecule is [B]c1c([B])c(C(C)C)c(C)c(F)c1C. The van der Waals surface area contributed by atoms with E-state index in [0.29, 0.717) is 22.1 Å². The van der Waals surface area contributed by atoms with E-state index in [4.69, 9.17) is 15.7 Å². The Kier molecular flexibility index (Phi) is 3.08. The van der Waals surface area contributed by atoms with Gasteiger partial charge in [-0.15, -0.1) is 0 Å². The topological polar surface area (TPSA) is 0 Å². The maximum absolute atomic E-state index is 13.7. The van der Waals surface area contributed by atoms with Gasteiger partial charge in [-0.3, -0.25) is 0 Å². The lowest BCUT2D eigenvalue weighted by atomic mass is 9.71. The molecule has 1 rings (SSSR count). The molecule has 0 aliphatic carbocycles. The van der Waals surface area contributed by atoms with Crippen molar-refractivity contribution in [3.05, 3.63) is 22.5 Å². The number of hydrogen-bond acceptors (Lipinski definition) is 0. The van der Waals surface area contributed by atoms with Crippen LogP contribution in [-0.4, -0.2) is 15.7 Å². The smallest absolute Gasteiger partial charge is 0.128 e. The molecule has 3 heteroatoms. The van der Waals surface area contributed by atoms with Crippen LogP contribution in [0.2, 0.25) is 0 Å². The van der Waals surface area contributed by atoms with Gasteiger partial charge < -0.3 is 0 Å². The highest BCUT2D eigenvalue weighted by molar-refractivity contribution is 6.50. The molecule has 0 nitrogen and oxygen atoms in total. The molecule has 0 spiro atoms. The van der Waals surface area contributed by atoms with E-state index in [0.717, 1.165) is 5.56 Å². The number of rotatable bonds is 1. The summed E-state index contributed by atoms with van der Waals surface area (Å²) in [6.07, 6.45) is 0. The van der Waals surface area contributed by atoms with Crippen molar-refractivity contribution < 1.29 is 4.39 Å². The third-order valence-electron chi connectivity index (χ3n) is 2.62. The summed E-state index contributed by atoms with van der Waals surface area (Å²) in [5.74, 6) is -0.0483. The standard InChI is InChI=1S/C11H13B2F/c1-5(2)8-6(3)11(14)7(4)9(12)10(8)13/h5H,1-4H3. The van der Waals surface area contributed by atoms with Crippen molar-refractivity contribution in [3.8, 4) is 0 Å². The van der Waals surface area contributed by atoms with Gasteiger partial charge in [-0.25, -0.2) is 4.39 Å². The summed E-state index contributed by atoms with van der Waals surface area (Å²) in [6.45, 7) is 7.35. The summed E-state index contributed by atoms with van der Waals surface area (Å²) in [5.41, 5.74) is 2.78. The molecule has 1 aromatic carbocycles. The second-order valence-corrected chi connectivity index (χ2v) is 3.96. The first kappa shape index (κ1) is 11.4. The summed E-state index contributed by atoms with van der Waals surface area (Å²) >= 11 is 0. The summed E-state index contributed by atoms with van der Waals surface area (Å²) in [4.78, 5) is 0. The summed E-state index contributed by atoms with van der Waals surface area (Å²) in [6, 6.07) is 0. The first-order valence-corrected chi connectivity index (χ1v) is 4.71. The molecule has 0 unspecified atom stereocenters. The fraction of sp³-hybridized carbons (Fsp3) is 0.455. The van der Waals surface area contributed by atoms with E-state index < -0.39 is 0 Å². The molecule has 0 N–H and O–H groups in total. The van der Waals surface area contributed by atoms with E-state index in [1.807, 2.05) is 13.8 Å². The lowest BCUT2D eigenvalue weighted by Crippen LogP contribution is -2.34. The molecule has 0 fully saturated rings. The monoisotopic (exact) mass is 186 g/mol. The zero-order valence-electron chi connectivity index (χ0n) is 9.11. The highest BCUT2D eigenvalue weighted by atomic mass is 19.1. The van der Waals surface area contributed by atoms with Crippen LogP contribution in [0, 0.1) is 19.7 Å². The van der Waals surface area contributed by atoms with Crippen LogP contribution in [0.15, 0.2) is 0 Å². The number of halogens is 1. The molecule has 4 radical (unpaired) electrons. The molecule has 0 aliphatic rings. The minimum Gasteiger partial charge on any atom is -0.206 e. The summed E-state index contributed by atoms with van der Waals surface area (Å²) in [5, 5.41) is 0. The Morgan fingerprint density at radius 3 is 1.93 bits per heavy atom. The second kappa shape index (κ2) is 3.80. The maximum atomic E-state index is 13.7. The zero-order valence-corrected chi connectivity index (χ0v) is 9.11. The van der Waals surface area contributed by atoms with Crippen LogP contribution < -0.4 is 10.9 Å². The van der Waals surface area contributed by atoms with Gasteiger partial charge >= 0.3 is 0 Å². The number of hydrogen-bond donors (Lipinski definition) is 0. The van der Waals surface area contributed by atoms with Crippen molar-refractivity contribution in [3.63, 3.8) is 0 Å². The molecule has 0 aliphatic heterocycles. The predicted octanol–water partition coefficient (Wildman–Crippen LogP) is 1.15. The molecule has 0 amide bonds. The lowest BCUT2D eigenvalue weighted by molar-refractivity contribution is 0.606. The zero-order chi connectivity index (χ0) is 11.0. The Morgan fingerprint density at radius 2 is 1.50 bits per heavy atom. The van der Waals surface area contributed by atoms with Gasteiger partial charge in [0.15, 0.2) is 0 Å². The van der Waals surface area contributed by atoms with Crippen LogP contribution in [0.5, 0.6) is 0 Å². The summed E-state index contributed by atoms with van der Waals surface area (Å²) < 4.78 is 13.7. The lowest BCUT2D eigenvalue weighted by Gasteiger charge is -2.19. The average Bonchev–Trinajstić information content (AvgIpc) is 2.11. The van der Waals surface area contributed by atoms with E-state index in [1.165, 1.54) is 0 Å². The van der Waals surface area contributed by atoms with Gasteiger partial charge in [-0.2, -0.15) is 0 Å². The van der Waals surface area contributed by atoms with E-state index in [9.17, 15) is 4.39 Å². The molecule has 0 saturated heterocycles. The molecule has 14 heavy (non-hydrogen) atoms. The van der Waals surface area contributed by atoms with Crippen molar-refractivity contribution >= 4 is 26.6 Å². The van der Waals surface area contributed by atoms with Crippen LogP contribution in [0.1, 0.15) is 36.5 Å². The molecule has 0 heterocycles. The minimum atomic E-state index is -0.236. The quantitative estimate of drug-likeness (QED) is 0.577. The van der Waals surface area contributed by atoms with Crippen molar-refractivity contribution in [2.45, 2.75) is 33.6 Å². The Labute approximate surface area is 87.7 Å². The van der Waals surface area contributed by atoms with Gasteiger partial charge in [0.25, 0.3) is 0 Å². The van der Waals surface area contributed by atoms with Crippen molar-refractivity contribution in [2.24, 2.45) is 0 Å². The van der Waals surface area contributed by atoms with E-state index in [-0.39, 0.29) is 11.7 Å². The van der Waals surface area contributed by atoms with Gasteiger partial charge in [0.05, 0.1) is 0 Å². The molecule has 70 valence electrons. The molecule has 0 aromatic heterocycles. The fourth-order valence-electron chi connectivity index (χ4n) is 1.81. The summed E-state index contributed by atoms with van der Waals surface area (Å²) in [7, 11) is 11.6. The molecule has 0 saturated carbocycles. The maximum Gasteiger partial charge on any atom is 0.128 e. The molecule has 1 aromatic rings. The van der Waals surface area contributed by atoms with Gasteiger partial charge in [0, 0.05) is 0 Å². The third-order valence-corrected chi connectivity index (χ3v) is 2.62. The van der Waals surface area contributed by atoms with E-state index in [2.05, 4.69) is 0 Å². The van der Waals surface area contributed by atoms with Crippen molar-refractivity contribution in [1.29, 1.82) is 0 Å². The Balaban J connectivity index is 3.60. The first-order chi connectivity index (χ1) is 6.37. The van der Waals surface area contributed by atoms with Crippen LogP contribution in [-0.2, 0) is 0 Å². The van der Waals surface area contributed by atoms with Crippen LogP contribution in [0.4, 0.5) is 4.39 Å². The highest BCUT2D eigenvalue weighted by Gasteiger charge is 2.15. The fourth-order valence-corrected chi connectivity index (χ4v) is 1.81. The van der Waals surface area contributed by atoms with Gasteiger partial charge in [0.2, 0.25) is 0 Å². The largest absolute Gasteiger partial charge is 0.206 e. The molecular weight excluding hydrogens is 173 g/mol. The van der Waals surface area contributed by atoms with Crippen molar-refractivity contribution in [2.75, 3.05) is 0 Å². The Bertz CT molecular complexity index is 341. The second-order valence-electron chi connectivity index (χ2n) is 3.96. The number of benzene rings is 1. The minimum absolute atomic E-state index is 0.187. The average molecular weight is 186 g/mol. The Morgan fingerprint density at radius 1 is 1.00 bits per heavy atom. The molecule has 0 bridgehead atoms. The van der Waals surface area contributed by atoms with E-state index >= 15 is 0 Å². The molecule has 0 atom stereocenters. The van der Waals surface area contributed by atoms with Crippen LogP contribution in [0.25, 0.3) is 0 Å². The Hall–Kier alpha value is -0.720. The molecular formula is C11H13B2F. The van der Waals surface area contributed by atoms with Crippen molar-refractivity contribution in [1.82, 2.24) is 0 Å². The third kappa shape index (κ3) is 1.60. The van der Waals surface area contributed by atoms with Gasteiger partial charge in [-0.1, -0.05) is 24.8 Å². The van der Waals surface area contributed by atoms with Gasteiger partial charge in [-0.05, 0) is 36.5 Å². The highest BCUT2D eigenvalue weighted by Crippen LogP contribution is 2.19.